The van der Waals surface area contributed by atoms with Crippen LogP contribution in [0.2, 0.25) is 0 Å². The Morgan fingerprint density at radius 3 is 2.44 bits per heavy atom. The molecule has 16 heavy (non-hydrogen) atoms. The highest BCUT2D eigenvalue weighted by molar-refractivity contribution is 7.89. The molecule has 0 aromatic carbocycles. The molecule has 86 valence electrons. The second kappa shape index (κ2) is 3.99. The van der Waals surface area contributed by atoms with E-state index in [1.165, 1.54) is 6.07 Å². The Balaban J connectivity index is 3.69. The number of alkyl halides is 2. The van der Waals surface area contributed by atoms with Crippen LogP contribution in [0.25, 0.3) is 0 Å². The van der Waals surface area contributed by atoms with Crippen LogP contribution in [-0.4, -0.2) is 13.4 Å². The molecule has 0 amide bonds. The van der Waals surface area contributed by atoms with E-state index < -0.39 is 38.4 Å². The largest absolute Gasteiger partial charge is 0.398 e. The summed E-state index contributed by atoms with van der Waals surface area (Å²) >= 11 is 0. The smallest absolute Gasteiger partial charge is 0.268 e. The van der Waals surface area contributed by atoms with Crippen LogP contribution >= 0.6 is 0 Å². The summed E-state index contributed by atoms with van der Waals surface area (Å²) in [5, 5.41) is 12.1. The molecule has 1 rings (SSSR count). The molecule has 0 bridgehead atoms. The Bertz CT molecular complexity index is 564. The zero-order valence-corrected chi connectivity index (χ0v) is 8.50. The number of halogens is 2. The molecule has 0 fully saturated rings. The number of anilines is 1. The van der Waals surface area contributed by atoms with Crippen molar-refractivity contribution in [3.8, 4) is 6.07 Å². The first-order valence-corrected chi connectivity index (χ1v) is 5.33. The maximum Gasteiger partial charge on any atom is 0.268 e. The Morgan fingerprint density at radius 2 is 2.06 bits per heavy atom. The molecule has 9 heteroatoms. The van der Waals surface area contributed by atoms with Crippen LogP contribution in [0.3, 0.4) is 0 Å². The van der Waals surface area contributed by atoms with Gasteiger partial charge in [0.2, 0.25) is 0 Å². The first-order chi connectivity index (χ1) is 7.27. The van der Waals surface area contributed by atoms with Crippen LogP contribution in [0.15, 0.2) is 11.1 Å². The van der Waals surface area contributed by atoms with Crippen molar-refractivity contribution in [3.63, 3.8) is 0 Å². The first kappa shape index (κ1) is 12.3. The van der Waals surface area contributed by atoms with Crippen LogP contribution in [0.5, 0.6) is 0 Å². The summed E-state index contributed by atoms with van der Waals surface area (Å²) in [6.45, 7) is 0. The van der Waals surface area contributed by atoms with E-state index in [0.717, 1.165) is 6.07 Å². The van der Waals surface area contributed by atoms with E-state index in [2.05, 4.69) is 4.98 Å². The predicted octanol–water partition coefficient (Wildman–Crippen LogP) is 0.120. The zero-order valence-electron chi connectivity index (χ0n) is 7.68. The van der Waals surface area contributed by atoms with Gasteiger partial charge in [0.15, 0.2) is 5.03 Å². The lowest BCUT2D eigenvalue weighted by Gasteiger charge is -2.09. The van der Waals surface area contributed by atoms with Crippen molar-refractivity contribution in [3.05, 3.63) is 17.3 Å². The van der Waals surface area contributed by atoms with Gasteiger partial charge in [0.05, 0.1) is 5.56 Å². The quantitative estimate of drug-likeness (QED) is 0.769. The minimum atomic E-state index is -4.46. The summed E-state index contributed by atoms with van der Waals surface area (Å²) in [5.74, 6) is 0. The molecule has 4 N–H and O–H groups in total. The summed E-state index contributed by atoms with van der Waals surface area (Å²) in [7, 11) is -4.46. The SMILES string of the molecule is N#Cc1cc(N)c(C(F)F)c(S(N)(=O)=O)n1. The number of primary sulfonamides is 1. The lowest BCUT2D eigenvalue weighted by molar-refractivity contribution is 0.148. The molecule has 0 saturated heterocycles. The Hall–Kier alpha value is -1.79. The van der Waals surface area contributed by atoms with E-state index in [9.17, 15) is 17.2 Å². The third-order valence-electron chi connectivity index (χ3n) is 1.66. The Labute approximate surface area is 89.5 Å². The van der Waals surface area contributed by atoms with E-state index >= 15 is 0 Å². The van der Waals surface area contributed by atoms with E-state index in [-0.39, 0.29) is 0 Å². The lowest BCUT2D eigenvalue weighted by atomic mass is 10.2. The summed E-state index contributed by atoms with van der Waals surface area (Å²) in [5.41, 5.74) is 3.29. The van der Waals surface area contributed by atoms with Crippen molar-refractivity contribution < 1.29 is 17.2 Å². The van der Waals surface area contributed by atoms with E-state index in [4.69, 9.17) is 16.1 Å². The Morgan fingerprint density at radius 1 is 1.50 bits per heavy atom. The monoisotopic (exact) mass is 248 g/mol. The fourth-order valence-corrected chi connectivity index (χ4v) is 1.78. The van der Waals surface area contributed by atoms with Gasteiger partial charge in [0.1, 0.15) is 11.8 Å². The number of sulfonamides is 1. The molecular formula is C7H6F2N4O2S. The molecular weight excluding hydrogens is 242 g/mol. The van der Waals surface area contributed by atoms with Crippen molar-refractivity contribution in [2.75, 3.05) is 5.73 Å². The number of nitrogens with two attached hydrogens (primary N) is 2. The van der Waals surface area contributed by atoms with Gasteiger partial charge in [0.25, 0.3) is 16.4 Å². The van der Waals surface area contributed by atoms with Gasteiger partial charge in [-0.25, -0.2) is 27.3 Å². The van der Waals surface area contributed by atoms with Crippen LogP contribution in [0, 0.1) is 11.3 Å². The van der Waals surface area contributed by atoms with Gasteiger partial charge in [-0.15, -0.1) is 0 Å². The molecule has 0 spiro atoms. The minimum absolute atomic E-state index is 0.397. The molecule has 0 atom stereocenters. The van der Waals surface area contributed by atoms with Crippen LogP contribution in [0.1, 0.15) is 17.7 Å². The lowest BCUT2D eigenvalue weighted by Crippen LogP contribution is -2.18. The minimum Gasteiger partial charge on any atom is -0.398 e. The number of nitrogens with zero attached hydrogens (tertiary/aromatic N) is 2. The van der Waals surface area contributed by atoms with Gasteiger partial charge >= 0.3 is 0 Å². The average Bonchev–Trinajstić information content (AvgIpc) is 2.14. The van der Waals surface area contributed by atoms with Crippen molar-refractivity contribution >= 4 is 15.7 Å². The van der Waals surface area contributed by atoms with E-state index in [1.54, 1.807) is 0 Å². The second-order valence-electron chi connectivity index (χ2n) is 2.77. The molecule has 1 aromatic rings. The zero-order chi connectivity index (χ0) is 12.5. The second-order valence-corrected chi connectivity index (χ2v) is 4.25. The fraction of sp³-hybridized carbons (Fsp3) is 0.143. The van der Waals surface area contributed by atoms with Crippen LogP contribution in [-0.2, 0) is 10.0 Å². The third-order valence-corrected chi connectivity index (χ3v) is 2.51. The van der Waals surface area contributed by atoms with Crippen molar-refractivity contribution in [2.45, 2.75) is 11.5 Å². The highest BCUT2D eigenvalue weighted by Crippen LogP contribution is 2.30. The number of hydrogen-bond acceptors (Lipinski definition) is 5. The van der Waals surface area contributed by atoms with Gasteiger partial charge in [0, 0.05) is 5.69 Å². The van der Waals surface area contributed by atoms with Gasteiger partial charge in [-0.2, -0.15) is 5.26 Å². The van der Waals surface area contributed by atoms with Gasteiger partial charge < -0.3 is 5.73 Å². The van der Waals surface area contributed by atoms with E-state index in [1.807, 2.05) is 0 Å². The molecule has 0 aliphatic rings. The first-order valence-electron chi connectivity index (χ1n) is 3.79. The Kier molecular flexibility index (Phi) is 3.06. The number of nitriles is 1. The number of hydrogen-bond donors (Lipinski definition) is 2. The molecule has 1 aromatic heterocycles. The van der Waals surface area contributed by atoms with Crippen molar-refractivity contribution in [1.82, 2.24) is 4.98 Å². The molecule has 0 unspecified atom stereocenters. The summed E-state index contributed by atoms with van der Waals surface area (Å²) < 4.78 is 47.1. The summed E-state index contributed by atoms with van der Waals surface area (Å²) in [6, 6.07) is 2.35. The molecule has 1 heterocycles. The number of rotatable bonds is 2. The molecule has 0 aliphatic carbocycles. The van der Waals surface area contributed by atoms with Crippen LogP contribution in [0.4, 0.5) is 14.5 Å². The van der Waals surface area contributed by atoms with Gasteiger partial charge in [-0.3, -0.25) is 0 Å². The third kappa shape index (κ3) is 2.23. The van der Waals surface area contributed by atoms with E-state index in [0.29, 0.717) is 0 Å². The predicted molar refractivity (Wildman–Crippen MR) is 49.7 cm³/mol. The van der Waals surface area contributed by atoms with Crippen molar-refractivity contribution in [2.24, 2.45) is 5.14 Å². The topological polar surface area (TPSA) is 123 Å². The molecule has 0 aliphatic heterocycles. The van der Waals surface area contributed by atoms with Crippen molar-refractivity contribution in [1.29, 1.82) is 5.26 Å². The number of nitrogen functional groups attached to an aromatic ring is 1. The van der Waals surface area contributed by atoms with Crippen LogP contribution < -0.4 is 10.9 Å². The maximum atomic E-state index is 12.5. The number of aromatic nitrogens is 1. The maximum absolute atomic E-state index is 12.5. The molecule has 0 radical (unpaired) electrons. The molecule has 0 saturated carbocycles. The number of pyridine rings is 1. The summed E-state index contributed by atoms with van der Waals surface area (Å²) in [6.07, 6.45) is -3.14. The summed E-state index contributed by atoms with van der Waals surface area (Å²) in [4.78, 5) is 3.21. The highest BCUT2D eigenvalue weighted by atomic mass is 32.2. The molecule has 6 nitrogen and oxygen atoms in total. The fourth-order valence-electron chi connectivity index (χ4n) is 1.04. The normalized spacial score (nSPS) is 11.4. The standard InChI is InChI=1S/C7H6F2N4O2S/c8-6(9)5-4(11)1-3(2-10)13-7(5)16(12,14)15/h1,6H,(H2,11,13)(H2,12,14,15). The van der Waals surface area contributed by atoms with Gasteiger partial charge in [-0.05, 0) is 6.07 Å². The highest BCUT2D eigenvalue weighted by Gasteiger charge is 2.26. The van der Waals surface area contributed by atoms with Gasteiger partial charge in [-0.1, -0.05) is 0 Å². The average molecular weight is 248 g/mol.